The van der Waals surface area contributed by atoms with Crippen LogP contribution in [0.5, 0.6) is 0 Å². The van der Waals surface area contributed by atoms with Crippen LogP contribution in [0.1, 0.15) is 32.6 Å². The Balaban J connectivity index is 0.00000144. The van der Waals surface area contributed by atoms with Gasteiger partial charge in [-0.3, -0.25) is 4.79 Å². The Bertz CT molecular complexity index is 245. The molecule has 0 saturated carbocycles. The lowest BCUT2D eigenvalue weighted by atomic mass is 9.95. The second-order valence-corrected chi connectivity index (χ2v) is 4.94. The first-order valence-corrected chi connectivity index (χ1v) is 6.40. The predicted molar refractivity (Wildman–Crippen MR) is 69.4 cm³/mol. The molecular weight excluding hydrogens is 240 g/mol. The van der Waals surface area contributed by atoms with Gasteiger partial charge in [-0.05, 0) is 44.7 Å². The molecule has 0 aliphatic carbocycles. The van der Waals surface area contributed by atoms with Crippen molar-refractivity contribution in [2.75, 3.05) is 19.7 Å². The minimum atomic E-state index is -0.198. The summed E-state index contributed by atoms with van der Waals surface area (Å²) in [5.41, 5.74) is 0. The summed E-state index contributed by atoms with van der Waals surface area (Å²) in [7, 11) is 0. The quantitative estimate of drug-likeness (QED) is 0.783. The molecule has 2 aliphatic rings. The summed E-state index contributed by atoms with van der Waals surface area (Å²) in [4.78, 5) is 12.0. The normalized spacial score (nSPS) is 33.6. The number of rotatable bonds is 2. The first kappa shape index (κ1) is 14.7. The molecule has 2 aliphatic heterocycles. The van der Waals surface area contributed by atoms with Gasteiger partial charge < -0.3 is 15.4 Å². The summed E-state index contributed by atoms with van der Waals surface area (Å²) < 4.78 is 5.49. The molecule has 4 nitrogen and oxygen atoms in total. The predicted octanol–water partition coefficient (Wildman–Crippen LogP) is 1.09. The van der Waals surface area contributed by atoms with Crippen LogP contribution >= 0.6 is 12.4 Å². The van der Waals surface area contributed by atoms with Crippen molar-refractivity contribution in [1.82, 2.24) is 10.6 Å². The van der Waals surface area contributed by atoms with Crippen LogP contribution in [-0.2, 0) is 9.53 Å². The van der Waals surface area contributed by atoms with Gasteiger partial charge in [-0.1, -0.05) is 6.92 Å². The third-order valence-electron chi connectivity index (χ3n) is 3.59. The number of carbonyl (C=O) groups is 1. The van der Waals surface area contributed by atoms with Crippen LogP contribution in [0.15, 0.2) is 0 Å². The Kier molecular flexibility index (Phi) is 6.23. The molecular formula is C12H23ClN2O2. The Morgan fingerprint density at radius 2 is 2.18 bits per heavy atom. The maximum Gasteiger partial charge on any atom is 0.249 e. The summed E-state index contributed by atoms with van der Waals surface area (Å²) in [6.07, 6.45) is 3.91. The van der Waals surface area contributed by atoms with Crippen molar-refractivity contribution >= 4 is 18.3 Å². The van der Waals surface area contributed by atoms with Gasteiger partial charge in [0.05, 0.1) is 0 Å². The molecule has 5 heteroatoms. The fourth-order valence-corrected chi connectivity index (χ4v) is 2.45. The highest BCUT2D eigenvalue weighted by atomic mass is 35.5. The van der Waals surface area contributed by atoms with Gasteiger partial charge in [-0.25, -0.2) is 0 Å². The number of hydrogen-bond donors (Lipinski definition) is 2. The van der Waals surface area contributed by atoms with Crippen LogP contribution in [-0.4, -0.2) is 37.7 Å². The highest BCUT2D eigenvalue weighted by Crippen LogP contribution is 2.15. The minimum Gasteiger partial charge on any atom is -0.368 e. The van der Waals surface area contributed by atoms with Crippen molar-refractivity contribution in [3.63, 3.8) is 0 Å². The second-order valence-electron chi connectivity index (χ2n) is 4.94. The first-order chi connectivity index (χ1) is 7.77. The van der Waals surface area contributed by atoms with E-state index >= 15 is 0 Å². The van der Waals surface area contributed by atoms with Gasteiger partial charge >= 0.3 is 0 Å². The van der Waals surface area contributed by atoms with Crippen molar-refractivity contribution in [2.24, 2.45) is 5.92 Å². The van der Waals surface area contributed by atoms with E-state index in [1.807, 2.05) is 0 Å². The molecule has 0 aromatic heterocycles. The lowest BCUT2D eigenvalue weighted by Crippen LogP contribution is -2.51. The summed E-state index contributed by atoms with van der Waals surface area (Å²) in [5.74, 6) is 0.611. The topological polar surface area (TPSA) is 50.4 Å². The van der Waals surface area contributed by atoms with Gasteiger partial charge in [0.2, 0.25) is 5.91 Å². The average molecular weight is 263 g/mol. The van der Waals surface area contributed by atoms with Crippen molar-refractivity contribution < 1.29 is 9.53 Å². The van der Waals surface area contributed by atoms with Crippen molar-refractivity contribution in [2.45, 2.75) is 44.8 Å². The molecule has 0 aromatic rings. The summed E-state index contributed by atoms with van der Waals surface area (Å²) in [6.45, 7) is 4.91. The van der Waals surface area contributed by atoms with Crippen LogP contribution in [0, 0.1) is 5.92 Å². The van der Waals surface area contributed by atoms with E-state index in [1.54, 1.807) is 0 Å². The van der Waals surface area contributed by atoms with Gasteiger partial charge in [0.1, 0.15) is 6.10 Å². The number of carbonyl (C=O) groups excluding carboxylic acids is 1. The van der Waals surface area contributed by atoms with E-state index in [2.05, 4.69) is 17.6 Å². The highest BCUT2D eigenvalue weighted by molar-refractivity contribution is 5.85. The van der Waals surface area contributed by atoms with Crippen molar-refractivity contribution in [1.29, 1.82) is 0 Å². The molecule has 0 spiro atoms. The summed E-state index contributed by atoms with van der Waals surface area (Å²) in [6, 6.07) is 0.319. The van der Waals surface area contributed by atoms with Gasteiger partial charge in [-0.2, -0.15) is 0 Å². The molecule has 3 unspecified atom stereocenters. The molecule has 2 rings (SSSR count). The highest BCUT2D eigenvalue weighted by Gasteiger charge is 2.27. The summed E-state index contributed by atoms with van der Waals surface area (Å²) >= 11 is 0. The Morgan fingerprint density at radius 1 is 1.35 bits per heavy atom. The number of ether oxygens (including phenoxy) is 1. The Hall–Kier alpha value is -0.320. The van der Waals surface area contributed by atoms with E-state index in [-0.39, 0.29) is 24.4 Å². The number of halogens is 1. The largest absolute Gasteiger partial charge is 0.368 e. The number of nitrogens with one attached hydrogen (secondary N) is 2. The molecule has 100 valence electrons. The standard InChI is InChI=1S/C12H22N2O2.ClH/c1-9-8-13-6-5-10(9)14-12(15)11-4-2-3-7-16-11;/h9-11,13H,2-8H2,1H3,(H,14,15);1H. The van der Waals surface area contributed by atoms with Crippen LogP contribution in [0.4, 0.5) is 0 Å². The zero-order chi connectivity index (χ0) is 11.4. The molecule has 17 heavy (non-hydrogen) atoms. The third-order valence-corrected chi connectivity index (χ3v) is 3.59. The van der Waals surface area contributed by atoms with Crippen molar-refractivity contribution in [3.05, 3.63) is 0 Å². The lowest BCUT2D eigenvalue weighted by Gasteiger charge is -2.32. The minimum absolute atomic E-state index is 0. The van der Waals surface area contributed by atoms with E-state index < -0.39 is 0 Å². The number of amides is 1. The molecule has 2 heterocycles. The zero-order valence-corrected chi connectivity index (χ0v) is 11.2. The van der Waals surface area contributed by atoms with E-state index in [0.717, 1.165) is 45.4 Å². The molecule has 0 bridgehead atoms. The maximum absolute atomic E-state index is 12.0. The molecule has 0 aromatic carbocycles. The third kappa shape index (κ3) is 4.12. The number of hydrogen-bond acceptors (Lipinski definition) is 3. The molecule has 3 atom stereocenters. The van der Waals surface area contributed by atoms with Crippen LogP contribution in [0.25, 0.3) is 0 Å². The second kappa shape index (κ2) is 7.19. The van der Waals surface area contributed by atoms with Crippen molar-refractivity contribution in [3.8, 4) is 0 Å². The Morgan fingerprint density at radius 3 is 2.82 bits per heavy atom. The fourth-order valence-electron chi connectivity index (χ4n) is 2.45. The number of piperidine rings is 1. The smallest absolute Gasteiger partial charge is 0.249 e. The van der Waals surface area contributed by atoms with Crippen LogP contribution < -0.4 is 10.6 Å². The average Bonchev–Trinajstić information content (AvgIpc) is 2.33. The van der Waals surface area contributed by atoms with Crippen LogP contribution in [0.3, 0.4) is 0 Å². The van der Waals surface area contributed by atoms with E-state index in [4.69, 9.17) is 4.74 Å². The van der Waals surface area contributed by atoms with Gasteiger partial charge in [-0.15, -0.1) is 12.4 Å². The molecule has 2 fully saturated rings. The zero-order valence-electron chi connectivity index (χ0n) is 10.4. The molecule has 2 N–H and O–H groups in total. The Labute approximate surface area is 109 Å². The SMILES string of the molecule is CC1CNCCC1NC(=O)C1CCCCO1.Cl. The van der Waals surface area contributed by atoms with Gasteiger partial charge in [0, 0.05) is 12.6 Å². The molecule has 2 saturated heterocycles. The van der Waals surface area contributed by atoms with Gasteiger partial charge in [0.25, 0.3) is 0 Å². The molecule has 1 amide bonds. The lowest BCUT2D eigenvalue weighted by molar-refractivity contribution is -0.136. The maximum atomic E-state index is 12.0. The van der Waals surface area contributed by atoms with Gasteiger partial charge in [0.15, 0.2) is 0 Å². The summed E-state index contributed by atoms with van der Waals surface area (Å²) in [5, 5.41) is 6.47. The van der Waals surface area contributed by atoms with Crippen LogP contribution in [0.2, 0.25) is 0 Å². The molecule has 0 radical (unpaired) electrons. The van der Waals surface area contributed by atoms with E-state index in [1.165, 1.54) is 0 Å². The van der Waals surface area contributed by atoms with E-state index in [9.17, 15) is 4.79 Å². The first-order valence-electron chi connectivity index (χ1n) is 6.40. The van der Waals surface area contributed by atoms with E-state index in [0.29, 0.717) is 12.0 Å². The monoisotopic (exact) mass is 262 g/mol. The fraction of sp³-hybridized carbons (Fsp3) is 0.917.